The van der Waals surface area contributed by atoms with Gasteiger partial charge < -0.3 is 0 Å². The van der Waals surface area contributed by atoms with E-state index in [0.29, 0.717) is 0 Å². The fourth-order valence-electron chi connectivity index (χ4n) is 1.65. The van der Waals surface area contributed by atoms with Crippen LogP contribution >= 0.6 is 27.3 Å². The van der Waals surface area contributed by atoms with Crippen LogP contribution in [-0.4, -0.2) is 4.98 Å². The Bertz CT molecular complexity index is 645. The van der Waals surface area contributed by atoms with Crippen LogP contribution in [0.4, 0.5) is 0 Å². The Morgan fingerprint density at radius 3 is 2.75 bits per heavy atom. The van der Waals surface area contributed by atoms with Gasteiger partial charge in [-0.25, -0.2) is 4.98 Å². The van der Waals surface area contributed by atoms with E-state index in [1.165, 1.54) is 10.3 Å². The Morgan fingerprint density at radius 1 is 1.06 bits per heavy atom. The molecule has 1 nitrogen and oxygen atoms in total. The van der Waals surface area contributed by atoms with Crippen LogP contribution < -0.4 is 0 Å². The number of aromatic nitrogens is 1. The average molecular weight is 290 g/mol. The zero-order valence-corrected chi connectivity index (χ0v) is 10.8. The third-order valence-electron chi connectivity index (χ3n) is 2.42. The van der Waals surface area contributed by atoms with Crippen LogP contribution in [0.1, 0.15) is 0 Å². The van der Waals surface area contributed by atoms with E-state index in [1.807, 2.05) is 18.2 Å². The SMILES string of the molecule is Brc1csc(-c2ccc3ccccc3n2)c1. The first-order valence-electron chi connectivity index (χ1n) is 4.93. The number of benzene rings is 1. The van der Waals surface area contributed by atoms with Gasteiger partial charge in [0.2, 0.25) is 0 Å². The molecule has 0 aliphatic rings. The van der Waals surface area contributed by atoms with Crippen LogP contribution in [0.15, 0.2) is 52.3 Å². The summed E-state index contributed by atoms with van der Waals surface area (Å²) < 4.78 is 1.11. The number of hydrogen-bond donors (Lipinski definition) is 0. The van der Waals surface area contributed by atoms with Crippen molar-refractivity contribution in [2.45, 2.75) is 0 Å². The molecule has 16 heavy (non-hydrogen) atoms. The van der Waals surface area contributed by atoms with Gasteiger partial charge in [-0.15, -0.1) is 11.3 Å². The summed E-state index contributed by atoms with van der Waals surface area (Å²) in [5.74, 6) is 0. The largest absolute Gasteiger partial charge is 0.247 e. The molecule has 0 radical (unpaired) electrons. The minimum atomic E-state index is 1.04. The van der Waals surface area contributed by atoms with Crippen molar-refractivity contribution in [2.24, 2.45) is 0 Å². The minimum Gasteiger partial charge on any atom is -0.247 e. The summed E-state index contributed by atoms with van der Waals surface area (Å²) in [6, 6.07) is 14.5. The minimum absolute atomic E-state index is 1.04. The van der Waals surface area contributed by atoms with E-state index in [9.17, 15) is 0 Å². The molecular weight excluding hydrogens is 282 g/mol. The molecule has 0 amide bonds. The molecule has 1 aromatic carbocycles. The molecule has 0 aliphatic heterocycles. The van der Waals surface area contributed by atoms with Gasteiger partial charge in [-0.3, -0.25) is 0 Å². The molecule has 3 heteroatoms. The van der Waals surface area contributed by atoms with Crippen molar-refractivity contribution in [3.05, 3.63) is 52.3 Å². The lowest BCUT2D eigenvalue weighted by atomic mass is 10.2. The summed E-state index contributed by atoms with van der Waals surface area (Å²) >= 11 is 5.16. The molecule has 0 saturated carbocycles. The molecule has 0 bridgehead atoms. The van der Waals surface area contributed by atoms with Crippen molar-refractivity contribution in [1.82, 2.24) is 4.98 Å². The monoisotopic (exact) mass is 289 g/mol. The highest BCUT2D eigenvalue weighted by molar-refractivity contribution is 9.10. The highest BCUT2D eigenvalue weighted by Gasteiger charge is 2.03. The van der Waals surface area contributed by atoms with Crippen LogP contribution in [0.3, 0.4) is 0 Å². The van der Waals surface area contributed by atoms with Gasteiger partial charge in [0, 0.05) is 15.2 Å². The summed E-state index contributed by atoms with van der Waals surface area (Å²) in [4.78, 5) is 5.84. The molecular formula is C13H8BrNS. The van der Waals surface area contributed by atoms with Gasteiger partial charge in [0.25, 0.3) is 0 Å². The molecule has 78 valence electrons. The van der Waals surface area contributed by atoms with E-state index in [-0.39, 0.29) is 0 Å². The first-order chi connectivity index (χ1) is 7.83. The smallest absolute Gasteiger partial charge is 0.0809 e. The van der Waals surface area contributed by atoms with Gasteiger partial charge in [0.05, 0.1) is 16.1 Å². The number of para-hydroxylation sites is 1. The molecule has 0 N–H and O–H groups in total. The summed E-state index contributed by atoms with van der Waals surface area (Å²) in [7, 11) is 0. The second kappa shape index (κ2) is 4.00. The predicted molar refractivity (Wildman–Crippen MR) is 72.8 cm³/mol. The van der Waals surface area contributed by atoms with Crippen LogP contribution in [0.5, 0.6) is 0 Å². The number of rotatable bonds is 1. The van der Waals surface area contributed by atoms with Gasteiger partial charge in [-0.1, -0.05) is 24.3 Å². The molecule has 0 fully saturated rings. The second-order valence-electron chi connectivity index (χ2n) is 3.52. The normalized spacial score (nSPS) is 10.8. The van der Waals surface area contributed by atoms with Crippen molar-refractivity contribution in [3.63, 3.8) is 0 Å². The fraction of sp³-hybridized carbons (Fsp3) is 0. The Kier molecular flexibility index (Phi) is 2.50. The first-order valence-corrected chi connectivity index (χ1v) is 6.60. The third kappa shape index (κ3) is 1.77. The van der Waals surface area contributed by atoms with E-state index in [2.05, 4.69) is 50.6 Å². The molecule has 3 aromatic rings. The van der Waals surface area contributed by atoms with Gasteiger partial charge >= 0.3 is 0 Å². The molecule has 0 spiro atoms. The Balaban J connectivity index is 2.18. The van der Waals surface area contributed by atoms with Crippen molar-refractivity contribution in [1.29, 1.82) is 0 Å². The molecule has 0 aliphatic carbocycles. The summed E-state index contributed by atoms with van der Waals surface area (Å²) in [5.41, 5.74) is 2.08. The van der Waals surface area contributed by atoms with E-state index in [0.717, 1.165) is 15.7 Å². The van der Waals surface area contributed by atoms with Crippen molar-refractivity contribution < 1.29 is 0 Å². The number of thiophene rings is 1. The third-order valence-corrected chi connectivity index (χ3v) is 4.13. The van der Waals surface area contributed by atoms with Crippen molar-refractivity contribution in [2.75, 3.05) is 0 Å². The average Bonchev–Trinajstić information content (AvgIpc) is 2.75. The highest BCUT2D eigenvalue weighted by Crippen LogP contribution is 2.29. The lowest BCUT2D eigenvalue weighted by molar-refractivity contribution is 1.42. The van der Waals surface area contributed by atoms with Crippen LogP contribution in [-0.2, 0) is 0 Å². The first kappa shape index (κ1) is 10.00. The number of pyridine rings is 1. The van der Waals surface area contributed by atoms with E-state index < -0.39 is 0 Å². The quantitative estimate of drug-likeness (QED) is 0.631. The molecule has 0 unspecified atom stereocenters. The highest BCUT2D eigenvalue weighted by atomic mass is 79.9. The van der Waals surface area contributed by atoms with Crippen LogP contribution in [0.25, 0.3) is 21.5 Å². The molecule has 2 heterocycles. The van der Waals surface area contributed by atoms with Crippen LogP contribution in [0.2, 0.25) is 0 Å². The number of halogens is 1. The van der Waals surface area contributed by atoms with E-state index in [4.69, 9.17) is 0 Å². The molecule has 2 aromatic heterocycles. The maximum Gasteiger partial charge on any atom is 0.0809 e. The predicted octanol–water partition coefficient (Wildman–Crippen LogP) is 4.73. The van der Waals surface area contributed by atoms with Crippen LogP contribution in [0, 0.1) is 0 Å². The molecule has 0 atom stereocenters. The van der Waals surface area contributed by atoms with Crippen molar-refractivity contribution in [3.8, 4) is 10.6 Å². The summed E-state index contributed by atoms with van der Waals surface area (Å²) in [6.45, 7) is 0. The molecule has 0 saturated heterocycles. The topological polar surface area (TPSA) is 12.9 Å². The Morgan fingerprint density at radius 2 is 1.94 bits per heavy atom. The van der Waals surface area contributed by atoms with E-state index in [1.54, 1.807) is 11.3 Å². The standard InChI is InChI=1S/C13H8BrNS/c14-10-7-13(16-8-10)12-6-5-9-3-1-2-4-11(9)15-12/h1-8H. The van der Waals surface area contributed by atoms with Gasteiger partial charge in [0.1, 0.15) is 0 Å². The van der Waals surface area contributed by atoms with Crippen molar-refractivity contribution >= 4 is 38.2 Å². The summed E-state index contributed by atoms with van der Waals surface area (Å²) in [5, 5.41) is 3.26. The zero-order chi connectivity index (χ0) is 11.0. The maximum atomic E-state index is 4.65. The number of hydrogen-bond acceptors (Lipinski definition) is 2. The Labute approximate surface area is 106 Å². The lowest BCUT2D eigenvalue weighted by Gasteiger charge is -1.99. The Hall–Kier alpha value is -1.19. The number of nitrogens with zero attached hydrogens (tertiary/aromatic N) is 1. The number of fused-ring (bicyclic) bond motifs is 1. The summed E-state index contributed by atoms with van der Waals surface area (Å²) in [6.07, 6.45) is 0. The zero-order valence-electron chi connectivity index (χ0n) is 8.35. The van der Waals surface area contributed by atoms with E-state index >= 15 is 0 Å². The molecule has 3 rings (SSSR count). The van der Waals surface area contributed by atoms with Gasteiger partial charge in [-0.2, -0.15) is 0 Å². The van der Waals surface area contributed by atoms with Gasteiger partial charge in [0.15, 0.2) is 0 Å². The van der Waals surface area contributed by atoms with Gasteiger partial charge in [-0.05, 0) is 34.1 Å². The fourth-order valence-corrected chi connectivity index (χ4v) is 3.05. The second-order valence-corrected chi connectivity index (χ2v) is 5.35. The lowest BCUT2D eigenvalue weighted by Crippen LogP contribution is -1.81. The maximum absolute atomic E-state index is 4.65.